The van der Waals surface area contributed by atoms with Crippen LogP contribution in [0.4, 0.5) is 5.69 Å². The Labute approximate surface area is 122 Å². The maximum absolute atomic E-state index is 9.25. The monoisotopic (exact) mass is 299 g/mol. The molecule has 1 fully saturated rings. The lowest BCUT2D eigenvalue weighted by molar-refractivity contribution is -0.0103. The van der Waals surface area contributed by atoms with Gasteiger partial charge in [-0.3, -0.25) is 0 Å². The van der Waals surface area contributed by atoms with E-state index in [9.17, 15) is 5.11 Å². The molecular formula is C13H18ClN3O3. The summed E-state index contributed by atoms with van der Waals surface area (Å²) in [5.74, 6) is 0.00161. The van der Waals surface area contributed by atoms with Crippen molar-refractivity contribution in [1.29, 1.82) is 0 Å². The van der Waals surface area contributed by atoms with E-state index < -0.39 is 0 Å². The number of hydrogen-bond acceptors (Lipinski definition) is 5. The van der Waals surface area contributed by atoms with Gasteiger partial charge < -0.3 is 25.7 Å². The number of hydrogen-bond donors (Lipinski definition) is 3. The number of benzene rings is 1. The van der Waals surface area contributed by atoms with Crippen LogP contribution in [0.3, 0.4) is 0 Å². The number of amidine groups is 1. The zero-order valence-electron chi connectivity index (χ0n) is 11.2. The van der Waals surface area contributed by atoms with Crippen molar-refractivity contribution in [1.82, 2.24) is 0 Å². The van der Waals surface area contributed by atoms with E-state index >= 15 is 0 Å². The molecule has 1 heterocycles. The summed E-state index contributed by atoms with van der Waals surface area (Å²) in [6, 6.07) is 5.35. The van der Waals surface area contributed by atoms with Crippen LogP contribution in [0.5, 0.6) is 0 Å². The molecule has 1 aliphatic heterocycles. The number of aliphatic hydroxyl groups excluding tert-OH is 1. The number of rotatable bonds is 3. The molecule has 2 atom stereocenters. The Hall–Kier alpha value is -1.50. The van der Waals surface area contributed by atoms with Crippen molar-refractivity contribution >= 4 is 23.1 Å². The molecule has 20 heavy (non-hydrogen) atoms. The molecule has 0 bridgehead atoms. The average Bonchev–Trinajstić information content (AvgIpc) is 2.47. The van der Waals surface area contributed by atoms with Crippen LogP contribution in [-0.4, -0.2) is 48.1 Å². The van der Waals surface area contributed by atoms with Crippen molar-refractivity contribution in [2.24, 2.45) is 10.9 Å². The second-order valence-electron chi connectivity index (χ2n) is 4.79. The highest BCUT2D eigenvalue weighted by Crippen LogP contribution is 2.28. The van der Waals surface area contributed by atoms with E-state index in [0.717, 1.165) is 5.69 Å². The summed E-state index contributed by atoms with van der Waals surface area (Å²) in [5.41, 5.74) is 7.08. The van der Waals surface area contributed by atoms with Crippen molar-refractivity contribution in [3.63, 3.8) is 0 Å². The fraction of sp³-hybridized carbons (Fsp3) is 0.462. The van der Waals surface area contributed by atoms with Crippen molar-refractivity contribution in [2.45, 2.75) is 19.1 Å². The Kier molecular flexibility index (Phi) is 4.69. The Bertz CT molecular complexity index is 510. The summed E-state index contributed by atoms with van der Waals surface area (Å²) in [5, 5.41) is 21.7. The average molecular weight is 300 g/mol. The van der Waals surface area contributed by atoms with Gasteiger partial charge in [0.15, 0.2) is 5.84 Å². The molecule has 4 N–H and O–H groups in total. The van der Waals surface area contributed by atoms with Gasteiger partial charge in [-0.2, -0.15) is 0 Å². The highest BCUT2D eigenvalue weighted by Gasteiger charge is 2.28. The molecule has 1 aromatic rings. The Morgan fingerprint density at radius 3 is 3.00 bits per heavy atom. The van der Waals surface area contributed by atoms with E-state index in [1.54, 1.807) is 12.1 Å². The van der Waals surface area contributed by atoms with Gasteiger partial charge in [0.2, 0.25) is 0 Å². The summed E-state index contributed by atoms with van der Waals surface area (Å²) in [4.78, 5) is 2.06. The van der Waals surface area contributed by atoms with Crippen molar-refractivity contribution < 1.29 is 15.1 Å². The van der Waals surface area contributed by atoms with Gasteiger partial charge in [-0.05, 0) is 25.1 Å². The number of nitrogens with zero attached hydrogens (tertiary/aromatic N) is 2. The first-order valence-corrected chi connectivity index (χ1v) is 6.71. The summed E-state index contributed by atoms with van der Waals surface area (Å²) in [6.07, 6.45) is -0.248. The minimum atomic E-state index is -0.248. The third-order valence-corrected chi connectivity index (χ3v) is 3.60. The second-order valence-corrected chi connectivity index (χ2v) is 5.22. The lowest BCUT2D eigenvalue weighted by atomic mass is 10.1. The summed E-state index contributed by atoms with van der Waals surface area (Å²) in [6.45, 7) is 3.00. The quantitative estimate of drug-likeness (QED) is 0.335. The molecule has 0 aromatic heterocycles. The number of halogens is 1. The molecule has 0 amide bonds. The van der Waals surface area contributed by atoms with E-state index in [1.165, 1.54) is 0 Å². The highest BCUT2D eigenvalue weighted by atomic mass is 35.5. The van der Waals surface area contributed by atoms with Crippen LogP contribution >= 0.6 is 11.6 Å². The fourth-order valence-electron chi connectivity index (χ4n) is 2.28. The third kappa shape index (κ3) is 2.98. The molecule has 2 unspecified atom stereocenters. The van der Waals surface area contributed by atoms with Crippen LogP contribution < -0.4 is 10.6 Å². The summed E-state index contributed by atoms with van der Waals surface area (Å²) in [7, 11) is 0. The zero-order valence-corrected chi connectivity index (χ0v) is 11.9. The van der Waals surface area contributed by atoms with Crippen LogP contribution in [0.1, 0.15) is 12.5 Å². The molecule has 110 valence electrons. The second kappa shape index (κ2) is 6.30. The van der Waals surface area contributed by atoms with E-state index in [1.807, 2.05) is 13.0 Å². The van der Waals surface area contributed by atoms with E-state index in [0.29, 0.717) is 23.7 Å². The highest BCUT2D eigenvalue weighted by molar-refractivity contribution is 6.31. The van der Waals surface area contributed by atoms with E-state index in [-0.39, 0.29) is 24.6 Å². The fourth-order valence-corrected chi connectivity index (χ4v) is 2.45. The normalized spacial score (nSPS) is 23.9. The van der Waals surface area contributed by atoms with E-state index in [2.05, 4.69) is 10.1 Å². The molecule has 0 spiro atoms. The number of anilines is 1. The molecule has 6 nitrogen and oxygen atoms in total. The molecule has 1 aromatic carbocycles. The van der Waals surface area contributed by atoms with E-state index in [4.69, 9.17) is 27.3 Å². The van der Waals surface area contributed by atoms with Crippen LogP contribution in [0, 0.1) is 0 Å². The lowest BCUT2D eigenvalue weighted by Crippen LogP contribution is -2.50. The lowest BCUT2D eigenvalue weighted by Gasteiger charge is -2.39. The summed E-state index contributed by atoms with van der Waals surface area (Å²) >= 11 is 5.97. The standard InChI is InChI=1S/C13H18ClN3O3/c1-8-7-20-10(6-18)5-17(8)12-3-2-9(14)4-11(12)13(15)16-19/h2-4,8,10,18-19H,5-7H2,1H3,(H2,15,16). The third-order valence-electron chi connectivity index (χ3n) is 3.36. The first kappa shape index (κ1) is 14.9. The molecular weight excluding hydrogens is 282 g/mol. The maximum Gasteiger partial charge on any atom is 0.172 e. The number of ether oxygens (including phenoxy) is 1. The van der Waals surface area contributed by atoms with Crippen LogP contribution in [-0.2, 0) is 4.74 Å². The molecule has 0 saturated carbocycles. The SMILES string of the molecule is CC1COC(CO)CN1c1ccc(Cl)cc1/C(N)=N/O. The van der Waals surface area contributed by atoms with Gasteiger partial charge in [0.05, 0.1) is 19.3 Å². The first-order chi connectivity index (χ1) is 9.56. The van der Waals surface area contributed by atoms with Crippen molar-refractivity contribution in [3.05, 3.63) is 28.8 Å². The minimum Gasteiger partial charge on any atom is -0.409 e. The van der Waals surface area contributed by atoms with Gasteiger partial charge in [-0.1, -0.05) is 16.8 Å². The maximum atomic E-state index is 9.25. The van der Waals surface area contributed by atoms with Gasteiger partial charge in [-0.25, -0.2) is 0 Å². The molecule has 0 aliphatic carbocycles. The minimum absolute atomic E-state index is 0.00161. The number of morpholine rings is 1. The Morgan fingerprint density at radius 2 is 2.35 bits per heavy atom. The van der Waals surface area contributed by atoms with Gasteiger partial charge in [-0.15, -0.1) is 0 Å². The Balaban J connectivity index is 2.40. The molecule has 1 saturated heterocycles. The molecule has 1 aliphatic rings. The van der Waals surface area contributed by atoms with Crippen molar-refractivity contribution in [2.75, 3.05) is 24.7 Å². The van der Waals surface area contributed by atoms with Gasteiger partial charge in [0.25, 0.3) is 0 Å². The first-order valence-electron chi connectivity index (χ1n) is 6.33. The number of nitrogens with two attached hydrogens (primary N) is 1. The smallest absolute Gasteiger partial charge is 0.172 e. The summed E-state index contributed by atoms with van der Waals surface area (Å²) < 4.78 is 5.51. The van der Waals surface area contributed by atoms with Gasteiger partial charge >= 0.3 is 0 Å². The van der Waals surface area contributed by atoms with Crippen molar-refractivity contribution in [3.8, 4) is 0 Å². The Morgan fingerprint density at radius 1 is 1.60 bits per heavy atom. The zero-order chi connectivity index (χ0) is 14.7. The predicted molar refractivity (Wildman–Crippen MR) is 77.6 cm³/mol. The largest absolute Gasteiger partial charge is 0.409 e. The van der Waals surface area contributed by atoms with Crippen LogP contribution in [0.2, 0.25) is 5.02 Å². The molecule has 0 radical (unpaired) electrons. The molecule has 2 rings (SSSR count). The number of aliphatic hydroxyl groups is 1. The van der Waals surface area contributed by atoms with Gasteiger partial charge in [0, 0.05) is 28.9 Å². The van der Waals surface area contributed by atoms with Gasteiger partial charge in [0.1, 0.15) is 0 Å². The number of oxime groups is 1. The van der Waals surface area contributed by atoms with Crippen LogP contribution in [0.25, 0.3) is 0 Å². The predicted octanol–water partition coefficient (Wildman–Crippen LogP) is 1.02. The molecule has 7 heteroatoms. The van der Waals surface area contributed by atoms with Crippen LogP contribution in [0.15, 0.2) is 23.4 Å². The topological polar surface area (TPSA) is 91.3 Å².